The van der Waals surface area contributed by atoms with Crippen LogP contribution >= 0.6 is 0 Å². The van der Waals surface area contributed by atoms with Crippen molar-refractivity contribution in [2.45, 2.75) is 24.6 Å². The SMILES string of the molecule is [2H][C@@]1(O)[C@@H](CO)OC(O)[C@@H]1O. The summed E-state index contributed by atoms with van der Waals surface area (Å²) in [6, 6.07) is 0. The first-order valence-corrected chi connectivity index (χ1v) is 2.85. The van der Waals surface area contributed by atoms with Gasteiger partial charge in [-0.05, 0) is 0 Å². The number of rotatable bonds is 1. The molecule has 0 aromatic carbocycles. The van der Waals surface area contributed by atoms with Crippen LogP contribution in [0.3, 0.4) is 0 Å². The summed E-state index contributed by atoms with van der Waals surface area (Å²) in [6.07, 6.45) is -6.88. The molecule has 4 atom stereocenters. The molecule has 0 aromatic heterocycles. The van der Waals surface area contributed by atoms with Gasteiger partial charge in [0.15, 0.2) is 6.29 Å². The van der Waals surface area contributed by atoms with E-state index in [1.165, 1.54) is 0 Å². The highest BCUT2D eigenvalue weighted by Crippen LogP contribution is 2.18. The summed E-state index contributed by atoms with van der Waals surface area (Å²) >= 11 is 0. The highest BCUT2D eigenvalue weighted by Gasteiger charge is 2.41. The van der Waals surface area contributed by atoms with Gasteiger partial charge < -0.3 is 25.2 Å². The lowest BCUT2D eigenvalue weighted by molar-refractivity contribution is -0.132. The monoisotopic (exact) mass is 151 g/mol. The number of hydrogen-bond acceptors (Lipinski definition) is 5. The lowest BCUT2D eigenvalue weighted by Gasteiger charge is -2.09. The smallest absolute Gasteiger partial charge is 0.184 e. The van der Waals surface area contributed by atoms with Gasteiger partial charge in [0, 0.05) is 0 Å². The number of ether oxygens (including phenoxy) is 1. The van der Waals surface area contributed by atoms with Crippen LogP contribution in [0.25, 0.3) is 0 Å². The number of hydrogen-bond donors (Lipinski definition) is 4. The first-order valence-electron chi connectivity index (χ1n) is 3.35. The molecular formula is C5H10O5. The summed E-state index contributed by atoms with van der Waals surface area (Å²) in [6.45, 7) is -0.617. The van der Waals surface area contributed by atoms with Crippen molar-refractivity contribution in [3.63, 3.8) is 0 Å². The zero-order chi connectivity index (χ0) is 8.65. The molecule has 1 heterocycles. The Bertz CT molecular complexity index is 150. The number of aliphatic hydroxyl groups excluding tert-OH is 3. The summed E-state index contributed by atoms with van der Waals surface area (Å²) < 4.78 is 11.5. The van der Waals surface area contributed by atoms with Gasteiger partial charge in [-0.3, -0.25) is 0 Å². The minimum absolute atomic E-state index is 0.617. The van der Waals surface area contributed by atoms with E-state index in [9.17, 15) is 0 Å². The zero-order valence-corrected chi connectivity index (χ0v) is 5.14. The molecule has 0 bridgehead atoms. The second-order valence-electron chi connectivity index (χ2n) is 2.07. The van der Waals surface area contributed by atoms with Crippen molar-refractivity contribution < 1.29 is 26.5 Å². The van der Waals surface area contributed by atoms with Gasteiger partial charge in [0.2, 0.25) is 0 Å². The molecule has 10 heavy (non-hydrogen) atoms. The van der Waals surface area contributed by atoms with E-state index in [1.54, 1.807) is 0 Å². The van der Waals surface area contributed by atoms with Crippen molar-refractivity contribution in [2.75, 3.05) is 6.61 Å². The Hall–Kier alpha value is -0.200. The van der Waals surface area contributed by atoms with Crippen molar-refractivity contribution in [2.24, 2.45) is 0 Å². The molecule has 1 aliphatic heterocycles. The Morgan fingerprint density at radius 2 is 2.00 bits per heavy atom. The minimum Gasteiger partial charge on any atom is -0.394 e. The van der Waals surface area contributed by atoms with Gasteiger partial charge in [0.05, 0.1) is 7.98 Å². The molecule has 60 valence electrons. The van der Waals surface area contributed by atoms with Gasteiger partial charge in [-0.2, -0.15) is 0 Å². The van der Waals surface area contributed by atoms with Gasteiger partial charge in [-0.25, -0.2) is 0 Å². The second-order valence-corrected chi connectivity index (χ2v) is 2.07. The quantitative estimate of drug-likeness (QED) is 0.330. The van der Waals surface area contributed by atoms with E-state index in [0.717, 1.165) is 0 Å². The third-order valence-corrected chi connectivity index (χ3v) is 1.37. The van der Waals surface area contributed by atoms with E-state index >= 15 is 0 Å². The molecule has 1 aliphatic rings. The lowest BCUT2D eigenvalue weighted by atomic mass is 10.1. The lowest BCUT2D eigenvalue weighted by Crippen LogP contribution is -2.33. The Balaban J connectivity index is 2.74. The summed E-state index contributed by atoms with van der Waals surface area (Å²) in [7, 11) is 0. The molecule has 5 nitrogen and oxygen atoms in total. The van der Waals surface area contributed by atoms with Gasteiger partial charge in [-0.1, -0.05) is 0 Å². The first kappa shape index (κ1) is 6.51. The van der Waals surface area contributed by atoms with E-state index in [1.807, 2.05) is 0 Å². The molecule has 0 saturated carbocycles. The fourth-order valence-electron chi connectivity index (χ4n) is 0.786. The van der Waals surface area contributed by atoms with Gasteiger partial charge in [-0.15, -0.1) is 0 Å². The average molecular weight is 151 g/mol. The highest BCUT2D eigenvalue weighted by atomic mass is 16.6. The molecule has 1 fully saturated rings. The van der Waals surface area contributed by atoms with Crippen LogP contribution in [0.2, 0.25) is 0 Å². The fraction of sp³-hybridized carbons (Fsp3) is 1.00. The van der Waals surface area contributed by atoms with Crippen molar-refractivity contribution >= 4 is 0 Å². The summed E-state index contributed by atoms with van der Waals surface area (Å²) in [5.74, 6) is 0. The van der Waals surface area contributed by atoms with Crippen LogP contribution in [0.4, 0.5) is 0 Å². The van der Waals surface area contributed by atoms with E-state index < -0.39 is 31.2 Å². The molecule has 1 rings (SSSR count). The Labute approximate surface area is 58.9 Å². The van der Waals surface area contributed by atoms with Crippen molar-refractivity contribution in [3.8, 4) is 0 Å². The summed E-state index contributed by atoms with van der Waals surface area (Å²) in [5, 5.41) is 35.2. The van der Waals surface area contributed by atoms with E-state index in [4.69, 9.17) is 21.8 Å². The third kappa shape index (κ3) is 1.14. The maximum absolute atomic E-state index is 9.06. The standard InChI is InChI=1S/C5H10O5/c6-1-2-3(7)4(8)5(9)10-2/h2-9H,1H2/t2-,3-,4-,5?/m1/s1/i3D. The van der Waals surface area contributed by atoms with E-state index in [0.29, 0.717) is 0 Å². The minimum atomic E-state index is -2.33. The van der Waals surface area contributed by atoms with Crippen LogP contribution in [-0.4, -0.2) is 51.6 Å². The molecule has 0 aliphatic carbocycles. The van der Waals surface area contributed by atoms with E-state index in [-0.39, 0.29) is 0 Å². The number of aliphatic hydroxyl groups is 4. The molecule has 1 saturated heterocycles. The maximum atomic E-state index is 9.06. The Kier molecular flexibility index (Phi) is 1.83. The van der Waals surface area contributed by atoms with Crippen LogP contribution in [0, 0.1) is 0 Å². The van der Waals surface area contributed by atoms with Crippen LogP contribution in [0.15, 0.2) is 0 Å². The summed E-state index contributed by atoms with van der Waals surface area (Å²) in [5.41, 5.74) is 0. The molecular weight excluding hydrogens is 140 g/mol. The molecule has 5 heteroatoms. The highest BCUT2D eigenvalue weighted by molar-refractivity contribution is 4.84. The van der Waals surface area contributed by atoms with Gasteiger partial charge in [0.1, 0.15) is 18.3 Å². The zero-order valence-electron chi connectivity index (χ0n) is 6.14. The van der Waals surface area contributed by atoms with Gasteiger partial charge >= 0.3 is 0 Å². The average Bonchev–Trinajstić information content (AvgIpc) is 2.13. The largest absolute Gasteiger partial charge is 0.394 e. The summed E-state index contributed by atoms with van der Waals surface area (Å²) in [4.78, 5) is 0. The van der Waals surface area contributed by atoms with Crippen LogP contribution in [-0.2, 0) is 4.74 Å². The maximum Gasteiger partial charge on any atom is 0.184 e. The van der Waals surface area contributed by atoms with Crippen LogP contribution < -0.4 is 0 Å². The van der Waals surface area contributed by atoms with Crippen molar-refractivity contribution in [3.05, 3.63) is 0 Å². The van der Waals surface area contributed by atoms with Crippen LogP contribution in [0.1, 0.15) is 1.37 Å². The fourth-order valence-corrected chi connectivity index (χ4v) is 0.786. The third-order valence-electron chi connectivity index (χ3n) is 1.37. The second kappa shape index (κ2) is 2.81. The molecule has 4 N–H and O–H groups in total. The topological polar surface area (TPSA) is 90.2 Å². The first-order chi connectivity index (χ1) is 5.00. The van der Waals surface area contributed by atoms with E-state index in [2.05, 4.69) is 4.74 Å². The predicted octanol–water partition coefficient (Wildman–Crippen LogP) is -2.58. The molecule has 0 radical (unpaired) electrons. The molecule has 0 amide bonds. The normalized spacial score (nSPS) is 56.8. The Morgan fingerprint density at radius 3 is 2.20 bits per heavy atom. The molecule has 1 unspecified atom stereocenters. The van der Waals surface area contributed by atoms with Crippen molar-refractivity contribution in [1.29, 1.82) is 0 Å². The molecule has 0 aromatic rings. The van der Waals surface area contributed by atoms with Gasteiger partial charge in [0.25, 0.3) is 0 Å². The Morgan fingerprint density at radius 1 is 1.40 bits per heavy atom. The molecule has 0 spiro atoms. The van der Waals surface area contributed by atoms with Crippen molar-refractivity contribution in [1.82, 2.24) is 0 Å². The van der Waals surface area contributed by atoms with Crippen LogP contribution in [0.5, 0.6) is 0 Å². The predicted molar refractivity (Wildman–Crippen MR) is 30.0 cm³/mol.